The van der Waals surface area contributed by atoms with E-state index in [2.05, 4.69) is 32.1 Å². The number of rotatable bonds is 3. The second-order valence-corrected chi connectivity index (χ2v) is 8.91. The lowest BCUT2D eigenvalue weighted by Crippen LogP contribution is -2.53. The number of piperidine rings is 2. The molecule has 8 heteroatoms. The Bertz CT molecular complexity index is 983. The summed E-state index contributed by atoms with van der Waals surface area (Å²) in [5.41, 5.74) is 1.98. The number of hydrogen-bond donors (Lipinski definition) is 1. The van der Waals surface area contributed by atoms with E-state index in [0.29, 0.717) is 12.0 Å². The molecule has 0 radical (unpaired) electrons. The normalized spacial score (nSPS) is 25.0. The first-order chi connectivity index (χ1) is 14.6. The van der Waals surface area contributed by atoms with Crippen molar-refractivity contribution in [1.29, 1.82) is 0 Å². The maximum absolute atomic E-state index is 12.7. The zero-order valence-corrected chi connectivity index (χ0v) is 17.3. The van der Waals surface area contributed by atoms with Gasteiger partial charge in [0, 0.05) is 55.7 Å². The number of hydrogen-bond acceptors (Lipinski definition) is 6. The van der Waals surface area contributed by atoms with Crippen LogP contribution >= 0.6 is 0 Å². The van der Waals surface area contributed by atoms with Gasteiger partial charge in [0.2, 0.25) is 0 Å². The molecule has 2 aromatic rings. The third-order valence-electron chi connectivity index (χ3n) is 6.87. The highest BCUT2D eigenvalue weighted by atomic mass is 16.2. The molecule has 5 rings (SSSR count). The molecule has 0 saturated carbocycles. The van der Waals surface area contributed by atoms with Gasteiger partial charge in [-0.15, -0.1) is 0 Å². The molecule has 2 atom stereocenters. The van der Waals surface area contributed by atoms with Gasteiger partial charge in [-0.1, -0.05) is 0 Å². The Morgan fingerprint density at radius 3 is 2.73 bits per heavy atom. The second-order valence-electron chi connectivity index (χ2n) is 8.91. The molecular formula is C22H28N6O2. The molecule has 3 aliphatic heterocycles. The fourth-order valence-corrected chi connectivity index (χ4v) is 5.42. The fourth-order valence-electron chi connectivity index (χ4n) is 5.42. The van der Waals surface area contributed by atoms with E-state index in [4.69, 9.17) is 0 Å². The van der Waals surface area contributed by atoms with E-state index in [1.54, 1.807) is 18.3 Å². The highest BCUT2D eigenvalue weighted by Gasteiger charge is 2.39. The van der Waals surface area contributed by atoms with Gasteiger partial charge in [-0.25, -0.2) is 4.98 Å². The molecule has 2 saturated heterocycles. The summed E-state index contributed by atoms with van der Waals surface area (Å²) in [5, 5.41) is 2.99. The maximum Gasteiger partial charge on any atom is 0.275 e. The third-order valence-corrected chi connectivity index (χ3v) is 6.87. The molecule has 1 N–H and O–H groups in total. The van der Waals surface area contributed by atoms with E-state index in [1.807, 2.05) is 4.57 Å². The van der Waals surface area contributed by atoms with Gasteiger partial charge < -0.3 is 14.8 Å². The van der Waals surface area contributed by atoms with E-state index in [1.165, 1.54) is 25.2 Å². The lowest BCUT2D eigenvalue weighted by Gasteiger charge is -2.47. The molecule has 2 unspecified atom stereocenters. The molecule has 0 aliphatic carbocycles. The summed E-state index contributed by atoms with van der Waals surface area (Å²) in [5.74, 6) is 0.442. The molecule has 5 heterocycles. The molecule has 0 aromatic carbocycles. The summed E-state index contributed by atoms with van der Waals surface area (Å²) in [6.45, 7) is 5.02. The highest BCUT2D eigenvalue weighted by molar-refractivity contribution is 6.03. The standard InChI is InChI=1S/C22H28N6O2/c1-26-8-4-17(5-9-26)27-12-15-10-16(14-27)21-18(2-3-20(29)28(21)13-15)25-22(30)19-11-23-6-7-24-19/h2-3,6-7,11,15-17H,4-5,8-10,12-14H2,1H3,(H,25,30). The van der Waals surface area contributed by atoms with Gasteiger partial charge in [0.05, 0.1) is 11.9 Å². The van der Waals surface area contributed by atoms with Gasteiger partial charge in [-0.2, -0.15) is 0 Å². The van der Waals surface area contributed by atoms with Crippen molar-refractivity contribution < 1.29 is 4.79 Å². The average molecular weight is 409 g/mol. The van der Waals surface area contributed by atoms with Gasteiger partial charge in [-0.05, 0) is 51.4 Å². The number of fused-ring (bicyclic) bond motifs is 4. The van der Waals surface area contributed by atoms with Crippen molar-refractivity contribution in [2.24, 2.45) is 5.92 Å². The van der Waals surface area contributed by atoms with Crippen molar-refractivity contribution in [3.8, 4) is 0 Å². The maximum atomic E-state index is 12.7. The van der Waals surface area contributed by atoms with Crippen LogP contribution in [0.5, 0.6) is 0 Å². The van der Waals surface area contributed by atoms with E-state index in [9.17, 15) is 9.59 Å². The molecule has 30 heavy (non-hydrogen) atoms. The Kier molecular flexibility index (Phi) is 5.12. The number of likely N-dealkylation sites (tertiary alicyclic amines) is 2. The molecule has 2 fully saturated rings. The third kappa shape index (κ3) is 3.65. The quantitative estimate of drug-likeness (QED) is 0.827. The monoisotopic (exact) mass is 408 g/mol. The van der Waals surface area contributed by atoms with Crippen LogP contribution in [0, 0.1) is 5.92 Å². The van der Waals surface area contributed by atoms with Gasteiger partial charge in [-0.3, -0.25) is 19.5 Å². The average Bonchev–Trinajstić information content (AvgIpc) is 2.76. The van der Waals surface area contributed by atoms with Gasteiger partial charge in [0.1, 0.15) is 5.69 Å². The zero-order valence-electron chi connectivity index (χ0n) is 17.3. The van der Waals surface area contributed by atoms with Crippen LogP contribution in [0.2, 0.25) is 0 Å². The van der Waals surface area contributed by atoms with Crippen LogP contribution in [-0.2, 0) is 6.54 Å². The second kappa shape index (κ2) is 7.92. The van der Waals surface area contributed by atoms with Gasteiger partial charge in [0.15, 0.2) is 0 Å². The molecule has 2 bridgehead atoms. The van der Waals surface area contributed by atoms with Gasteiger partial charge >= 0.3 is 0 Å². The number of nitrogens with one attached hydrogen (secondary N) is 1. The Morgan fingerprint density at radius 1 is 1.13 bits per heavy atom. The number of carbonyl (C=O) groups excluding carboxylic acids is 1. The molecule has 2 aromatic heterocycles. The van der Waals surface area contributed by atoms with E-state index in [-0.39, 0.29) is 23.1 Å². The summed E-state index contributed by atoms with van der Waals surface area (Å²) in [7, 11) is 2.19. The summed E-state index contributed by atoms with van der Waals surface area (Å²) in [6.07, 6.45) is 7.98. The van der Waals surface area contributed by atoms with Crippen LogP contribution in [0.4, 0.5) is 5.69 Å². The first kappa shape index (κ1) is 19.4. The van der Waals surface area contributed by atoms with E-state index < -0.39 is 0 Å². The minimum absolute atomic E-state index is 0.0185. The molecule has 1 amide bonds. The molecular weight excluding hydrogens is 380 g/mol. The largest absolute Gasteiger partial charge is 0.319 e. The van der Waals surface area contributed by atoms with Crippen LogP contribution in [0.1, 0.15) is 41.4 Å². The van der Waals surface area contributed by atoms with Crippen molar-refractivity contribution in [1.82, 2.24) is 24.3 Å². The molecule has 158 valence electrons. The lowest BCUT2D eigenvalue weighted by atomic mass is 9.81. The number of nitrogens with zero attached hydrogens (tertiary/aromatic N) is 5. The van der Waals surface area contributed by atoms with Crippen LogP contribution < -0.4 is 10.9 Å². The molecule has 8 nitrogen and oxygen atoms in total. The summed E-state index contributed by atoms with van der Waals surface area (Å²) in [6, 6.07) is 3.93. The Hall–Kier alpha value is -2.58. The summed E-state index contributed by atoms with van der Waals surface area (Å²) < 4.78 is 1.89. The number of carbonyl (C=O) groups is 1. The molecule has 0 spiro atoms. The van der Waals surface area contributed by atoms with Crippen molar-refractivity contribution in [2.75, 3.05) is 38.5 Å². The van der Waals surface area contributed by atoms with Crippen LogP contribution in [-0.4, -0.2) is 69.5 Å². The van der Waals surface area contributed by atoms with Crippen molar-refractivity contribution in [3.63, 3.8) is 0 Å². The minimum Gasteiger partial charge on any atom is -0.319 e. The van der Waals surface area contributed by atoms with Crippen molar-refractivity contribution in [2.45, 2.75) is 37.8 Å². The summed E-state index contributed by atoms with van der Waals surface area (Å²) in [4.78, 5) is 38.4. The topological polar surface area (TPSA) is 83.4 Å². The van der Waals surface area contributed by atoms with Crippen LogP contribution in [0.3, 0.4) is 0 Å². The summed E-state index contributed by atoms with van der Waals surface area (Å²) >= 11 is 0. The number of amides is 1. The number of pyridine rings is 1. The van der Waals surface area contributed by atoms with Crippen LogP contribution in [0.25, 0.3) is 0 Å². The lowest BCUT2D eigenvalue weighted by molar-refractivity contribution is 0.0519. The first-order valence-electron chi connectivity index (χ1n) is 10.8. The number of aromatic nitrogens is 3. The highest BCUT2D eigenvalue weighted by Crippen LogP contribution is 2.40. The van der Waals surface area contributed by atoms with Crippen molar-refractivity contribution in [3.05, 3.63) is 52.5 Å². The Labute approximate surface area is 175 Å². The fraction of sp³-hybridized carbons (Fsp3) is 0.545. The van der Waals surface area contributed by atoms with Gasteiger partial charge in [0.25, 0.3) is 11.5 Å². The Balaban J connectivity index is 1.42. The Morgan fingerprint density at radius 2 is 1.97 bits per heavy atom. The predicted octanol–water partition coefficient (Wildman–Crippen LogP) is 1.40. The molecule has 3 aliphatic rings. The number of anilines is 1. The SMILES string of the molecule is CN1CCC(N2CC3CC(C2)c2c(NC(=O)c4cnccn4)ccc(=O)n2C3)CC1. The van der Waals surface area contributed by atoms with E-state index >= 15 is 0 Å². The first-order valence-corrected chi connectivity index (χ1v) is 10.8. The smallest absolute Gasteiger partial charge is 0.275 e. The van der Waals surface area contributed by atoms with Crippen LogP contribution in [0.15, 0.2) is 35.5 Å². The van der Waals surface area contributed by atoms with Crippen molar-refractivity contribution >= 4 is 11.6 Å². The predicted molar refractivity (Wildman–Crippen MR) is 114 cm³/mol. The van der Waals surface area contributed by atoms with E-state index in [0.717, 1.165) is 50.5 Å². The zero-order chi connectivity index (χ0) is 20.7. The minimum atomic E-state index is -0.297.